The molecule has 21 heavy (non-hydrogen) atoms. The Labute approximate surface area is 126 Å². The van der Waals surface area contributed by atoms with Gasteiger partial charge in [0.1, 0.15) is 0 Å². The van der Waals surface area contributed by atoms with Crippen LogP contribution in [-0.2, 0) is 19.1 Å². The Hall–Kier alpha value is -1.14. The molecule has 0 radical (unpaired) electrons. The van der Waals surface area contributed by atoms with Crippen molar-refractivity contribution in [3.8, 4) is 0 Å². The number of carbonyl (C=O) groups excluding carboxylic acids is 2. The van der Waals surface area contributed by atoms with Gasteiger partial charge in [0, 0.05) is 25.2 Å². The average molecular weight is 298 g/mol. The third-order valence-electron chi connectivity index (χ3n) is 4.46. The zero-order valence-corrected chi connectivity index (χ0v) is 13.2. The molecule has 0 N–H and O–H groups in total. The molecule has 120 valence electrons. The second kappa shape index (κ2) is 7.22. The van der Waals surface area contributed by atoms with Crippen LogP contribution >= 0.6 is 0 Å². The molecule has 3 atom stereocenters. The number of nitrogens with zero attached hydrogens (tertiary/aromatic N) is 2. The first-order chi connectivity index (χ1) is 10.0. The molecule has 0 aromatic rings. The molecular formula is C15H26N2O4. The zero-order valence-electron chi connectivity index (χ0n) is 13.2. The molecule has 0 saturated carbocycles. The molecule has 0 aromatic carbocycles. The van der Waals surface area contributed by atoms with Crippen molar-refractivity contribution >= 4 is 11.9 Å². The number of rotatable bonds is 3. The minimum atomic E-state index is -0.576. The molecule has 0 aromatic heterocycles. The van der Waals surface area contributed by atoms with Crippen LogP contribution in [-0.4, -0.2) is 73.2 Å². The van der Waals surface area contributed by atoms with E-state index in [4.69, 9.17) is 9.47 Å². The molecule has 6 heteroatoms. The summed E-state index contributed by atoms with van der Waals surface area (Å²) in [7, 11) is 1.35. The highest BCUT2D eigenvalue weighted by Crippen LogP contribution is 2.22. The van der Waals surface area contributed by atoms with Crippen molar-refractivity contribution in [1.82, 2.24) is 9.80 Å². The maximum atomic E-state index is 12.6. The number of morpholine rings is 1. The van der Waals surface area contributed by atoms with E-state index in [0.717, 1.165) is 12.8 Å². The van der Waals surface area contributed by atoms with Gasteiger partial charge in [-0.25, -0.2) is 4.79 Å². The quantitative estimate of drug-likeness (QED) is 0.716. The molecule has 0 spiro atoms. The fraction of sp³-hybridized carbons (Fsp3) is 0.867. The van der Waals surface area contributed by atoms with Gasteiger partial charge in [0.2, 0.25) is 5.91 Å². The van der Waals surface area contributed by atoms with E-state index in [1.54, 1.807) is 0 Å². The maximum absolute atomic E-state index is 12.6. The van der Waals surface area contributed by atoms with Crippen LogP contribution in [0.5, 0.6) is 0 Å². The minimum absolute atomic E-state index is 0.153. The molecule has 2 fully saturated rings. The van der Waals surface area contributed by atoms with Gasteiger partial charge in [-0.3, -0.25) is 9.69 Å². The van der Waals surface area contributed by atoms with Crippen molar-refractivity contribution in [3.05, 3.63) is 0 Å². The van der Waals surface area contributed by atoms with Gasteiger partial charge in [-0.05, 0) is 33.1 Å². The second-order valence-electron chi connectivity index (χ2n) is 6.05. The minimum Gasteiger partial charge on any atom is -0.467 e. The van der Waals surface area contributed by atoms with Crippen LogP contribution in [0.3, 0.4) is 0 Å². The number of ether oxygens (including phenoxy) is 2. The molecule has 0 bridgehead atoms. The molecule has 2 aliphatic heterocycles. The van der Waals surface area contributed by atoms with Crippen LogP contribution in [0.25, 0.3) is 0 Å². The summed E-state index contributed by atoms with van der Waals surface area (Å²) >= 11 is 0. The van der Waals surface area contributed by atoms with Crippen LogP contribution in [0.1, 0.15) is 33.1 Å². The Balaban J connectivity index is 1.91. The van der Waals surface area contributed by atoms with Crippen molar-refractivity contribution in [2.24, 2.45) is 0 Å². The predicted molar refractivity (Wildman–Crippen MR) is 77.8 cm³/mol. The van der Waals surface area contributed by atoms with Crippen LogP contribution in [0, 0.1) is 0 Å². The van der Waals surface area contributed by atoms with E-state index in [2.05, 4.69) is 13.8 Å². The first kappa shape index (κ1) is 16.2. The summed E-state index contributed by atoms with van der Waals surface area (Å²) in [4.78, 5) is 28.1. The Bertz CT molecular complexity index is 378. The topological polar surface area (TPSA) is 59.1 Å². The number of esters is 1. The lowest BCUT2D eigenvalue weighted by Gasteiger charge is -2.41. The lowest BCUT2D eigenvalue weighted by Crippen LogP contribution is -2.54. The number of amides is 1. The van der Waals surface area contributed by atoms with E-state index in [9.17, 15) is 9.59 Å². The Morgan fingerprint density at radius 2 is 1.90 bits per heavy atom. The molecule has 2 rings (SSSR count). The van der Waals surface area contributed by atoms with Crippen molar-refractivity contribution < 1.29 is 19.1 Å². The molecule has 2 aliphatic rings. The number of carbonyl (C=O) groups is 2. The number of piperidine rings is 1. The SMILES string of the molecule is COC(=O)C1CN(CC(=O)N2C(C)CCCC2C)CCO1. The van der Waals surface area contributed by atoms with Gasteiger partial charge >= 0.3 is 5.97 Å². The van der Waals surface area contributed by atoms with Gasteiger partial charge < -0.3 is 14.4 Å². The van der Waals surface area contributed by atoms with Crippen LogP contribution < -0.4 is 0 Å². The Morgan fingerprint density at radius 3 is 2.52 bits per heavy atom. The molecule has 6 nitrogen and oxygen atoms in total. The van der Waals surface area contributed by atoms with E-state index >= 15 is 0 Å². The van der Waals surface area contributed by atoms with Gasteiger partial charge in [0.05, 0.1) is 20.3 Å². The standard InChI is InChI=1S/C15H26N2O4/c1-11-5-4-6-12(2)17(11)14(18)10-16-7-8-21-13(9-16)15(19)20-3/h11-13H,4-10H2,1-3H3. The summed E-state index contributed by atoms with van der Waals surface area (Å²) in [6, 6.07) is 0.609. The van der Waals surface area contributed by atoms with Gasteiger partial charge in [0.15, 0.2) is 6.10 Å². The number of hydrogen-bond donors (Lipinski definition) is 0. The largest absolute Gasteiger partial charge is 0.467 e. The lowest BCUT2D eigenvalue weighted by atomic mass is 9.97. The number of likely N-dealkylation sites (tertiary alicyclic amines) is 1. The maximum Gasteiger partial charge on any atom is 0.336 e. The van der Waals surface area contributed by atoms with Gasteiger partial charge in [-0.1, -0.05) is 0 Å². The Kier molecular flexibility index (Phi) is 5.58. The van der Waals surface area contributed by atoms with E-state index in [-0.39, 0.29) is 11.9 Å². The first-order valence-corrected chi connectivity index (χ1v) is 7.76. The van der Waals surface area contributed by atoms with E-state index in [1.165, 1.54) is 13.5 Å². The fourth-order valence-electron chi connectivity index (χ4n) is 3.31. The van der Waals surface area contributed by atoms with Gasteiger partial charge in [0.25, 0.3) is 0 Å². The lowest BCUT2D eigenvalue weighted by molar-refractivity contribution is -0.161. The first-order valence-electron chi connectivity index (χ1n) is 7.76. The summed E-state index contributed by atoms with van der Waals surface area (Å²) in [6.07, 6.45) is 2.76. The smallest absolute Gasteiger partial charge is 0.336 e. The van der Waals surface area contributed by atoms with E-state index in [0.29, 0.717) is 38.3 Å². The monoisotopic (exact) mass is 298 g/mol. The predicted octanol–water partition coefficient (Wildman–Crippen LogP) is 0.650. The molecule has 3 unspecified atom stereocenters. The molecule has 2 saturated heterocycles. The molecule has 0 aliphatic carbocycles. The average Bonchev–Trinajstić information content (AvgIpc) is 2.46. The van der Waals surface area contributed by atoms with Gasteiger partial charge in [-0.2, -0.15) is 0 Å². The van der Waals surface area contributed by atoms with Crippen LogP contribution in [0.2, 0.25) is 0 Å². The molecular weight excluding hydrogens is 272 g/mol. The highest BCUT2D eigenvalue weighted by molar-refractivity contribution is 5.79. The number of methoxy groups -OCH3 is 1. The summed E-state index contributed by atoms with van der Waals surface area (Å²) < 4.78 is 10.1. The highest BCUT2D eigenvalue weighted by Gasteiger charge is 2.32. The normalized spacial score (nSPS) is 31.0. The zero-order chi connectivity index (χ0) is 15.4. The van der Waals surface area contributed by atoms with Crippen molar-refractivity contribution in [2.45, 2.75) is 51.3 Å². The van der Waals surface area contributed by atoms with Crippen LogP contribution in [0.4, 0.5) is 0 Å². The second-order valence-corrected chi connectivity index (χ2v) is 6.05. The van der Waals surface area contributed by atoms with E-state index in [1.807, 2.05) is 9.80 Å². The van der Waals surface area contributed by atoms with Crippen molar-refractivity contribution in [3.63, 3.8) is 0 Å². The summed E-state index contributed by atoms with van der Waals surface area (Å²) in [5.41, 5.74) is 0. The molecule has 2 heterocycles. The third kappa shape index (κ3) is 3.95. The fourth-order valence-corrected chi connectivity index (χ4v) is 3.31. The summed E-state index contributed by atoms with van der Waals surface area (Å²) in [5, 5.41) is 0. The van der Waals surface area contributed by atoms with E-state index < -0.39 is 6.10 Å². The van der Waals surface area contributed by atoms with Crippen molar-refractivity contribution in [1.29, 1.82) is 0 Å². The van der Waals surface area contributed by atoms with Gasteiger partial charge in [-0.15, -0.1) is 0 Å². The highest BCUT2D eigenvalue weighted by atomic mass is 16.6. The summed E-state index contributed by atoms with van der Waals surface area (Å²) in [5.74, 6) is -0.216. The molecule has 1 amide bonds. The summed E-state index contributed by atoms with van der Waals surface area (Å²) in [6.45, 7) is 6.14. The van der Waals surface area contributed by atoms with Crippen LogP contribution in [0.15, 0.2) is 0 Å². The number of hydrogen-bond acceptors (Lipinski definition) is 5. The van der Waals surface area contributed by atoms with Crippen molar-refractivity contribution in [2.75, 3.05) is 33.4 Å². The Morgan fingerprint density at radius 1 is 1.24 bits per heavy atom. The third-order valence-corrected chi connectivity index (χ3v) is 4.46.